The van der Waals surface area contributed by atoms with E-state index in [-0.39, 0.29) is 0 Å². The van der Waals surface area contributed by atoms with Crippen LogP contribution in [0.5, 0.6) is 0 Å². The molecule has 1 rings (SSSR count). The number of benzene rings is 1. The third-order valence-corrected chi connectivity index (χ3v) is 1.42. The molecule has 0 aliphatic carbocycles. The van der Waals surface area contributed by atoms with Gasteiger partial charge in [0.25, 0.3) is 0 Å². The molecule has 1 aromatic rings. The van der Waals surface area contributed by atoms with Gasteiger partial charge in [-0.15, -0.1) is 0 Å². The summed E-state index contributed by atoms with van der Waals surface area (Å²) in [4.78, 5) is 1.10. The minimum absolute atomic E-state index is 0.833. The van der Waals surface area contributed by atoms with Crippen molar-refractivity contribution in [2.45, 2.75) is 25.7 Å². The van der Waals surface area contributed by atoms with Crippen LogP contribution in [-0.2, 0) is 0 Å². The summed E-state index contributed by atoms with van der Waals surface area (Å²) in [6, 6.07) is 9.86. The van der Waals surface area contributed by atoms with E-state index in [1.807, 2.05) is 30.3 Å². The maximum atomic E-state index is 5.27. The molecule has 2 heteroatoms. The molecule has 0 aliphatic rings. The molecule has 68 valence electrons. The highest BCUT2D eigenvalue weighted by Gasteiger charge is 1.81. The summed E-state index contributed by atoms with van der Waals surface area (Å²) in [5.74, 6) is 0.833. The predicted octanol–water partition coefficient (Wildman–Crippen LogP) is 3.31. The largest absolute Gasteiger partial charge is 0.274 e. The summed E-state index contributed by atoms with van der Waals surface area (Å²) in [7, 11) is 0. The topological polar surface area (TPSA) is 26.0 Å². The van der Waals surface area contributed by atoms with Crippen molar-refractivity contribution in [3.05, 3.63) is 30.3 Å². The van der Waals surface area contributed by atoms with E-state index in [0.717, 1.165) is 10.8 Å². The summed E-state index contributed by atoms with van der Waals surface area (Å²) in [6.07, 6.45) is 0. The van der Waals surface area contributed by atoms with Crippen LogP contribution >= 0.6 is 11.9 Å². The van der Waals surface area contributed by atoms with E-state index in [1.54, 1.807) is 0 Å². The lowest BCUT2D eigenvalue weighted by atomic mass is 10.3. The van der Waals surface area contributed by atoms with Gasteiger partial charge in [0.1, 0.15) is 0 Å². The van der Waals surface area contributed by atoms with Gasteiger partial charge in [0.2, 0.25) is 0 Å². The zero-order valence-electron chi connectivity index (χ0n) is 7.95. The first-order valence-corrected chi connectivity index (χ1v) is 4.96. The molecule has 0 fully saturated rings. The lowest BCUT2D eigenvalue weighted by Gasteiger charge is -1.88. The van der Waals surface area contributed by atoms with Crippen molar-refractivity contribution in [1.82, 2.24) is 0 Å². The molecule has 0 spiro atoms. The summed E-state index contributed by atoms with van der Waals surface area (Å²) in [6.45, 7) is 6.50. The molecule has 0 heterocycles. The van der Waals surface area contributed by atoms with Gasteiger partial charge in [-0.1, -0.05) is 39.0 Å². The smallest absolute Gasteiger partial charge is 0.0225 e. The van der Waals surface area contributed by atoms with Crippen molar-refractivity contribution in [2.75, 3.05) is 0 Å². The lowest BCUT2D eigenvalue weighted by Crippen LogP contribution is -1.75. The Morgan fingerprint density at radius 3 is 1.75 bits per heavy atom. The van der Waals surface area contributed by atoms with E-state index in [1.165, 1.54) is 11.9 Å². The van der Waals surface area contributed by atoms with Crippen LogP contribution in [0.1, 0.15) is 20.8 Å². The molecule has 0 amide bonds. The fourth-order valence-electron chi connectivity index (χ4n) is 0.499. The molecule has 0 saturated heterocycles. The van der Waals surface area contributed by atoms with Gasteiger partial charge >= 0.3 is 0 Å². The highest BCUT2D eigenvalue weighted by Crippen LogP contribution is 2.08. The number of rotatable bonds is 1. The second-order valence-electron chi connectivity index (χ2n) is 3.16. The summed E-state index contributed by atoms with van der Waals surface area (Å²) in [5, 5.41) is 5.27. The van der Waals surface area contributed by atoms with Gasteiger partial charge in [-0.2, -0.15) is 0 Å². The van der Waals surface area contributed by atoms with Crippen LogP contribution < -0.4 is 5.14 Å². The second-order valence-corrected chi connectivity index (χ2v) is 3.87. The SMILES string of the molecule is CC(C)C.NSc1ccccc1. The average Bonchev–Trinajstić information content (AvgIpc) is 2.05. The van der Waals surface area contributed by atoms with E-state index >= 15 is 0 Å². The number of hydrogen-bond acceptors (Lipinski definition) is 2. The molecule has 0 atom stereocenters. The fourth-order valence-corrected chi connectivity index (χ4v) is 0.813. The van der Waals surface area contributed by atoms with Gasteiger partial charge < -0.3 is 0 Å². The van der Waals surface area contributed by atoms with Crippen LogP contribution in [0.25, 0.3) is 0 Å². The molecular formula is C10H17NS. The third-order valence-electron chi connectivity index (χ3n) is 0.879. The van der Waals surface area contributed by atoms with E-state index in [9.17, 15) is 0 Å². The van der Waals surface area contributed by atoms with E-state index in [2.05, 4.69) is 20.8 Å². The average molecular weight is 183 g/mol. The van der Waals surface area contributed by atoms with Crippen LogP contribution in [0.4, 0.5) is 0 Å². The molecule has 0 bridgehead atoms. The minimum Gasteiger partial charge on any atom is -0.274 e. The van der Waals surface area contributed by atoms with Crippen LogP contribution in [0.3, 0.4) is 0 Å². The van der Waals surface area contributed by atoms with Crippen LogP contribution in [0.15, 0.2) is 35.2 Å². The Kier molecular flexibility index (Phi) is 6.91. The van der Waals surface area contributed by atoms with Crippen molar-refractivity contribution in [3.8, 4) is 0 Å². The zero-order chi connectivity index (χ0) is 9.40. The first-order chi connectivity index (χ1) is 5.66. The van der Waals surface area contributed by atoms with Crippen molar-refractivity contribution < 1.29 is 0 Å². The molecule has 0 aromatic heterocycles. The minimum atomic E-state index is 0.833. The van der Waals surface area contributed by atoms with Crippen molar-refractivity contribution in [2.24, 2.45) is 11.1 Å². The molecular weight excluding hydrogens is 166 g/mol. The second kappa shape index (κ2) is 7.19. The van der Waals surface area contributed by atoms with Crippen LogP contribution in [-0.4, -0.2) is 0 Å². The van der Waals surface area contributed by atoms with E-state index < -0.39 is 0 Å². The maximum Gasteiger partial charge on any atom is 0.0225 e. The Balaban J connectivity index is 0.000000261. The molecule has 0 saturated carbocycles. The maximum absolute atomic E-state index is 5.27. The molecule has 1 aromatic carbocycles. The van der Waals surface area contributed by atoms with Crippen LogP contribution in [0.2, 0.25) is 0 Å². The standard InChI is InChI=1S/C6H7NS.C4H10/c7-8-6-4-2-1-3-5-6;1-4(2)3/h1-5H,7H2;4H,1-3H3. The number of hydrogen-bond donors (Lipinski definition) is 1. The normalized spacial score (nSPS) is 9.08. The van der Waals surface area contributed by atoms with Gasteiger partial charge in [-0.3, -0.25) is 5.14 Å². The van der Waals surface area contributed by atoms with Gasteiger partial charge in [-0.25, -0.2) is 0 Å². The summed E-state index contributed by atoms with van der Waals surface area (Å²) in [5.41, 5.74) is 0. The van der Waals surface area contributed by atoms with E-state index in [0.29, 0.717) is 0 Å². The molecule has 12 heavy (non-hydrogen) atoms. The van der Waals surface area contributed by atoms with Crippen molar-refractivity contribution in [1.29, 1.82) is 0 Å². The Hall–Kier alpha value is -0.470. The summed E-state index contributed by atoms with van der Waals surface area (Å²) >= 11 is 1.27. The molecule has 0 aliphatic heterocycles. The highest BCUT2D eigenvalue weighted by molar-refractivity contribution is 7.97. The first-order valence-electron chi connectivity index (χ1n) is 4.08. The van der Waals surface area contributed by atoms with Crippen molar-refractivity contribution in [3.63, 3.8) is 0 Å². The van der Waals surface area contributed by atoms with Crippen molar-refractivity contribution >= 4 is 11.9 Å². The highest BCUT2D eigenvalue weighted by atomic mass is 32.2. The lowest BCUT2D eigenvalue weighted by molar-refractivity contribution is 0.737. The van der Waals surface area contributed by atoms with Crippen LogP contribution in [0, 0.1) is 5.92 Å². The summed E-state index contributed by atoms with van der Waals surface area (Å²) < 4.78 is 0. The van der Waals surface area contributed by atoms with Gasteiger partial charge in [-0.05, 0) is 30.0 Å². The Morgan fingerprint density at radius 2 is 1.50 bits per heavy atom. The Morgan fingerprint density at radius 1 is 1.08 bits per heavy atom. The Labute approximate surface area is 79.5 Å². The first kappa shape index (κ1) is 11.5. The molecule has 0 radical (unpaired) electrons. The molecule has 0 unspecified atom stereocenters. The van der Waals surface area contributed by atoms with E-state index in [4.69, 9.17) is 5.14 Å². The predicted molar refractivity (Wildman–Crippen MR) is 57.0 cm³/mol. The fraction of sp³-hybridized carbons (Fsp3) is 0.400. The molecule has 2 N–H and O–H groups in total. The zero-order valence-corrected chi connectivity index (χ0v) is 8.77. The van der Waals surface area contributed by atoms with Gasteiger partial charge in [0.05, 0.1) is 0 Å². The van der Waals surface area contributed by atoms with Gasteiger partial charge in [0, 0.05) is 4.90 Å². The molecule has 1 nitrogen and oxygen atoms in total. The number of nitrogens with two attached hydrogens (primary N) is 1. The Bertz CT molecular complexity index is 182. The third kappa shape index (κ3) is 7.63. The quantitative estimate of drug-likeness (QED) is 0.676. The van der Waals surface area contributed by atoms with Gasteiger partial charge in [0.15, 0.2) is 0 Å². The monoisotopic (exact) mass is 183 g/mol.